The van der Waals surface area contributed by atoms with E-state index in [0.717, 1.165) is 0 Å². The molecular weight excluding hydrogens is 345 g/mol. The smallest absolute Gasteiger partial charge is 0.280 e. The number of carbonyl (C=O) groups excluding carboxylic acids is 1. The summed E-state index contributed by atoms with van der Waals surface area (Å²) in [7, 11) is 0. The minimum Gasteiger partial charge on any atom is -0.387 e. The van der Waals surface area contributed by atoms with Crippen LogP contribution in [0.3, 0.4) is 0 Å². The van der Waals surface area contributed by atoms with Gasteiger partial charge >= 0.3 is 0 Å². The molecule has 0 aliphatic carbocycles. The Kier molecular flexibility index (Phi) is 5.05. The molecule has 0 radical (unpaired) electrons. The summed E-state index contributed by atoms with van der Waals surface area (Å²) in [5.41, 5.74) is -0.412. The molecule has 142 valence electrons. The molecule has 4 atom stereocenters. The van der Waals surface area contributed by atoms with Crippen molar-refractivity contribution < 1.29 is 19.0 Å². The summed E-state index contributed by atoms with van der Waals surface area (Å²) in [4.78, 5) is 34.7. The minimum atomic E-state index is -1.60. The molecule has 1 amide bonds. The van der Waals surface area contributed by atoms with Crippen molar-refractivity contribution in [2.45, 2.75) is 51.6 Å². The van der Waals surface area contributed by atoms with Crippen LogP contribution in [0.4, 0.5) is 10.3 Å². The summed E-state index contributed by atoms with van der Waals surface area (Å²) in [6.07, 6.45) is -1.67. The summed E-state index contributed by atoms with van der Waals surface area (Å²) in [6.45, 7) is 5.23. The van der Waals surface area contributed by atoms with Crippen molar-refractivity contribution in [3.8, 4) is 0 Å². The van der Waals surface area contributed by atoms with E-state index in [4.69, 9.17) is 4.74 Å². The zero-order chi connectivity index (χ0) is 19.0. The average Bonchev–Trinajstić information content (AvgIpc) is 3.01. The molecule has 3 rings (SSSR count). The van der Waals surface area contributed by atoms with Gasteiger partial charge < -0.3 is 14.4 Å². The summed E-state index contributed by atoms with van der Waals surface area (Å²) < 4.78 is 21.6. The number of nitrogens with zero attached hydrogens (tertiary/aromatic N) is 3. The van der Waals surface area contributed by atoms with Crippen LogP contribution in [0.1, 0.15) is 33.2 Å². The number of ether oxygens (including phenoxy) is 1. The van der Waals surface area contributed by atoms with Gasteiger partial charge in [-0.3, -0.25) is 19.9 Å². The summed E-state index contributed by atoms with van der Waals surface area (Å²) in [5, 5.41) is 12.6. The fourth-order valence-electron chi connectivity index (χ4n) is 2.93. The second kappa shape index (κ2) is 7.12. The Labute approximate surface area is 148 Å². The quantitative estimate of drug-likeness (QED) is 0.733. The number of amides is 1. The number of aromatic nitrogens is 4. The van der Waals surface area contributed by atoms with Gasteiger partial charge in [0.2, 0.25) is 11.9 Å². The number of H-pyrrole nitrogens is 1. The monoisotopic (exact) mass is 367 g/mol. The zero-order valence-corrected chi connectivity index (χ0v) is 14.8. The maximum absolute atomic E-state index is 14.7. The van der Waals surface area contributed by atoms with Crippen molar-refractivity contribution in [3.63, 3.8) is 0 Å². The van der Waals surface area contributed by atoms with Gasteiger partial charge in [0.25, 0.3) is 5.56 Å². The third kappa shape index (κ3) is 3.21. The van der Waals surface area contributed by atoms with Gasteiger partial charge in [-0.15, -0.1) is 0 Å². The molecule has 0 saturated carbocycles. The standard InChI is InChI=1S/C16H22FN5O4/c1-4-9-12(23)10(17)8(5-26-9)22-6-18-11-13(22)19-16(21-15(11)25)20-14(24)7(2)3/h6-10,12,23H,4-5H2,1-3H3,(H2,19,20,21,24,25)/t8-,9-,10+,12?/m1/s1. The van der Waals surface area contributed by atoms with E-state index in [9.17, 15) is 19.1 Å². The topological polar surface area (TPSA) is 122 Å². The number of fused-ring (bicyclic) bond motifs is 1. The third-order valence-electron chi connectivity index (χ3n) is 4.51. The van der Waals surface area contributed by atoms with Crippen LogP contribution in [0.15, 0.2) is 11.1 Å². The van der Waals surface area contributed by atoms with E-state index in [1.165, 1.54) is 10.9 Å². The van der Waals surface area contributed by atoms with Crippen LogP contribution < -0.4 is 10.9 Å². The second-order valence-electron chi connectivity index (χ2n) is 6.66. The van der Waals surface area contributed by atoms with Gasteiger partial charge in [0.05, 0.1) is 25.1 Å². The highest BCUT2D eigenvalue weighted by Gasteiger charge is 2.40. The highest BCUT2D eigenvalue weighted by molar-refractivity contribution is 5.91. The lowest BCUT2D eigenvalue weighted by molar-refractivity contribution is -0.135. The van der Waals surface area contributed by atoms with Crippen molar-refractivity contribution in [1.82, 2.24) is 19.5 Å². The Balaban J connectivity index is 1.98. The fourth-order valence-corrected chi connectivity index (χ4v) is 2.93. The summed E-state index contributed by atoms with van der Waals surface area (Å²) in [6, 6.07) is -0.874. The molecule has 26 heavy (non-hydrogen) atoms. The lowest BCUT2D eigenvalue weighted by atomic mass is 9.98. The normalized spacial score (nSPS) is 26.4. The van der Waals surface area contributed by atoms with E-state index in [2.05, 4.69) is 20.3 Å². The van der Waals surface area contributed by atoms with Crippen molar-refractivity contribution in [1.29, 1.82) is 0 Å². The number of hydrogen-bond acceptors (Lipinski definition) is 6. The van der Waals surface area contributed by atoms with Crippen molar-refractivity contribution >= 4 is 23.0 Å². The third-order valence-corrected chi connectivity index (χ3v) is 4.51. The Hall–Kier alpha value is -2.33. The second-order valence-corrected chi connectivity index (χ2v) is 6.66. The van der Waals surface area contributed by atoms with Crippen LogP contribution >= 0.6 is 0 Å². The van der Waals surface area contributed by atoms with Crippen LogP contribution in [0.5, 0.6) is 0 Å². The number of anilines is 1. The first-order chi connectivity index (χ1) is 12.3. The number of nitrogens with one attached hydrogen (secondary N) is 2. The van der Waals surface area contributed by atoms with Crippen LogP contribution in [-0.2, 0) is 9.53 Å². The number of alkyl halides is 1. The molecule has 0 aromatic carbocycles. The molecule has 0 bridgehead atoms. The number of aromatic amines is 1. The lowest BCUT2D eigenvalue weighted by Gasteiger charge is -2.36. The van der Waals surface area contributed by atoms with E-state index in [0.29, 0.717) is 6.42 Å². The summed E-state index contributed by atoms with van der Waals surface area (Å²) in [5.74, 6) is -0.657. The number of aliphatic hydroxyl groups excluding tert-OH is 1. The van der Waals surface area contributed by atoms with Gasteiger partial charge in [0, 0.05) is 5.92 Å². The van der Waals surface area contributed by atoms with Gasteiger partial charge in [0.1, 0.15) is 6.10 Å². The maximum atomic E-state index is 14.7. The van der Waals surface area contributed by atoms with E-state index < -0.39 is 30.0 Å². The average molecular weight is 367 g/mol. The Morgan fingerprint density at radius 1 is 1.58 bits per heavy atom. The molecule has 3 N–H and O–H groups in total. The molecule has 1 aliphatic rings. The van der Waals surface area contributed by atoms with E-state index in [1.807, 2.05) is 0 Å². The molecule has 1 fully saturated rings. The lowest BCUT2D eigenvalue weighted by Crippen LogP contribution is -2.48. The van der Waals surface area contributed by atoms with Crippen LogP contribution in [0, 0.1) is 5.92 Å². The van der Waals surface area contributed by atoms with Gasteiger partial charge in [-0.25, -0.2) is 9.37 Å². The first-order valence-electron chi connectivity index (χ1n) is 8.55. The summed E-state index contributed by atoms with van der Waals surface area (Å²) >= 11 is 0. The van der Waals surface area contributed by atoms with Gasteiger partial charge in [-0.2, -0.15) is 4.98 Å². The first kappa shape index (κ1) is 18.5. The Morgan fingerprint density at radius 2 is 2.31 bits per heavy atom. The molecule has 1 aliphatic heterocycles. The minimum absolute atomic E-state index is 0.0182. The van der Waals surface area contributed by atoms with E-state index in [-0.39, 0.29) is 35.5 Å². The van der Waals surface area contributed by atoms with Crippen molar-refractivity contribution in [2.75, 3.05) is 11.9 Å². The molecular formula is C16H22FN5O4. The molecule has 1 unspecified atom stereocenters. The van der Waals surface area contributed by atoms with Crippen LogP contribution in [-0.4, -0.2) is 55.5 Å². The molecule has 1 saturated heterocycles. The zero-order valence-electron chi connectivity index (χ0n) is 14.8. The van der Waals surface area contributed by atoms with E-state index >= 15 is 0 Å². The number of aliphatic hydroxyl groups is 1. The van der Waals surface area contributed by atoms with Gasteiger partial charge in [0.15, 0.2) is 17.3 Å². The number of halogens is 1. The molecule has 2 aromatic heterocycles. The SMILES string of the molecule is CC[C@H]1OC[C@@H](n2cnc3c(=O)[nH]c(NC(=O)C(C)C)nc32)[C@H](F)C1O. The molecule has 3 heterocycles. The number of hydrogen-bond donors (Lipinski definition) is 3. The number of rotatable bonds is 4. The number of imidazole rings is 1. The predicted octanol–water partition coefficient (Wildman–Crippen LogP) is 0.763. The van der Waals surface area contributed by atoms with Crippen LogP contribution in [0.25, 0.3) is 11.2 Å². The molecule has 9 nitrogen and oxygen atoms in total. The Bertz CT molecular complexity index is 864. The van der Waals surface area contributed by atoms with Crippen molar-refractivity contribution in [2.24, 2.45) is 5.92 Å². The Morgan fingerprint density at radius 3 is 2.96 bits per heavy atom. The van der Waals surface area contributed by atoms with Crippen LogP contribution in [0.2, 0.25) is 0 Å². The first-order valence-corrected chi connectivity index (χ1v) is 8.55. The maximum Gasteiger partial charge on any atom is 0.280 e. The molecule has 0 spiro atoms. The molecule has 2 aromatic rings. The highest BCUT2D eigenvalue weighted by atomic mass is 19.1. The predicted molar refractivity (Wildman–Crippen MR) is 91.6 cm³/mol. The van der Waals surface area contributed by atoms with E-state index in [1.54, 1.807) is 20.8 Å². The molecule has 10 heteroatoms. The van der Waals surface area contributed by atoms with Crippen molar-refractivity contribution in [3.05, 3.63) is 16.7 Å². The van der Waals surface area contributed by atoms with Gasteiger partial charge in [-0.1, -0.05) is 20.8 Å². The largest absolute Gasteiger partial charge is 0.387 e. The van der Waals surface area contributed by atoms with Gasteiger partial charge in [-0.05, 0) is 6.42 Å². The number of carbonyl (C=O) groups is 1. The fraction of sp³-hybridized carbons (Fsp3) is 0.625. The highest BCUT2D eigenvalue weighted by Crippen LogP contribution is 2.30.